The molecule has 0 N–H and O–H groups in total. The Bertz CT molecular complexity index is 448. The molecule has 2 rings (SSSR count). The molecular weight excluding hydrogens is 243 g/mol. The van der Waals surface area contributed by atoms with Crippen LogP contribution >= 0.6 is 0 Å². The summed E-state index contributed by atoms with van der Waals surface area (Å²) in [5, 5.41) is 0. The van der Waals surface area contributed by atoms with Crippen LogP contribution in [0.15, 0.2) is 30.3 Å². The fourth-order valence-electron chi connectivity index (χ4n) is 2.16. The minimum absolute atomic E-state index is 0.154. The van der Waals surface area contributed by atoms with Crippen LogP contribution in [0.1, 0.15) is 12.5 Å². The fraction of sp³-hybridized carbons (Fsp3) is 0.400. The number of piperazine rings is 1. The minimum Gasteiger partial charge on any atom is -0.340 e. The molecule has 1 heterocycles. The molecule has 1 fully saturated rings. The summed E-state index contributed by atoms with van der Waals surface area (Å²) >= 11 is 0. The van der Waals surface area contributed by atoms with Crippen molar-refractivity contribution in [1.82, 2.24) is 9.80 Å². The second-order valence-corrected chi connectivity index (χ2v) is 4.76. The summed E-state index contributed by atoms with van der Waals surface area (Å²) in [4.78, 5) is 15.4. The average Bonchev–Trinajstić information content (AvgIpc) is 2.41. The standard InChI is InChI=1S/C15H19FN2O/c1-13(19)18-11-9-17(10-12-18)8-2-3-14-4-6-15(16)7-5-14/h2-7H,8-12H2,1H3/b3-2+. The van der Waals surface area contributed by atoms with Crippen molar-refractivity contribution in [2.45, 2.75) is 6.92 Å². The van der Waals surface area contributed by atoms with Crippen molar-refractivity contribution in [2.75, 3.05) is 32.7 Å². The van der Waals surface area contributed by atoms with Gasteiger partial charge in [-0.2, -0.15) is 0 Å². The lowest BCUT2D eigenvalue weighted by atomic mass is 10.2. The number of carbonyl (C=O) groups excluding carboxylic acids is 1. The van der Waals surface area contributed by atoms with Crippen LogP contribution < -0.4 is 0 Å². The number of hydrogen-bond donors (Lipinski definition) is 0. The first-order chi connectivity index (χ1) is 9.15. The van der Waals surface area contributed by atoms with Crippen molar-refractivity contribution >= 4 is 12.0 Å². The van der Waals surface area contributed by atoms with Gasteiger partial charge in [0.1, 0.15) is 5.82 Å². The summed E-state index contributed by atoms with van der Waals surface area (Å²) in [5.74, 6) is -0.0565. The summed E-state index contributed by atoms with van der Waals surface area (Å²) in [6, 6.07) is 6.45. The van der Waals surface area contributed by atoms with Gasteiger partial charge in [-0.05, 0) is 17.7 Å². The van der Waals surface area contributed by atoms with E-state index in [2.05, 4.69) is 11.0 Å². The largest absolute Gasteiger partial charge is 0.340 e. The molecule has 0 aliphatic carbocycles. The van der Waals surface area contributed by atoms with Crippen LogP contribution in [-0.2, 0) is 4.79 Å². The van der Waals surface area contributed by atoms with Gasteiger partial charge in [0.2, 0.25) is 5.91 Å². The highest BCUT2D eigenvalue weighted by atomic mass is 19.1. The molecule has 0 bridgehead atoms. The topological polar surface area (TPSA) is 23.6 Å². The predicted molar refractivity (Wildman–Crippen MR) is 74.1 cm³/mol. The van der Waals surface area contributed by atoms with Crippen LogP contribution in [0.25, 0.3) is 6.08 Å². The highest BCUT2D eigenvalue weighted by Crippen LogP contribution is 2.06. The molecular formula is C15H19FN2O. The van der Waals surface area contributed by atoms with Gasteiger partial charge >= 0.3 is 0 Å². The zero-order chi connectivity index (χ0) is 13.7. The Hall–Kier alpha value is -1.68. The van der Waals surface area contributed by atoms with E-state index in [1.54, 1.807) is 19.1 Å². The van der Waals surface area contributed by atoms with Gasteiger partial charge in [0.25, 0.3) is 0 Å². The Balaban J connectivity index is 1.77. The zero-order valence-electron chi connectivity index (χ0n) is 11.2. The lowest BCUT2D eigenvalue weighted by Gasteiger charge is -2.33. The number of hydrogen-bond acceptors (Lipinski definition) is 2. The Labute approximate surface area is 113 Å². The lowest BCUT2D eigenvalue weighted by Crippen LogP contribution is -2.47. The normalized spacial score (nSPS) is 17.1. The molecule has 19 heavy (non-hydrogen) atoms. The first-order valence-corrected chi connectivity index (χ1v) is 6.55. The van der Waals surface area contributed by atoms with E-state index in [0.29, 0.717) is 0 Å². The molecule has 102 valence electrons. The summed E-state index contributed by atoms with van der Waals surface area (Å²) in [7, 11) is 0. The highest BCUT2D eigenvalue weighted by molar-refractivity contribution is 5.73. The highest BCUT2D eigenvalue weighted by Gasteiger charge is 2.16. The van der Waals surface area contributed by atoms with Gasteiger partial charge < -0.3 is 4.90 Å². The Morgan fingerprint density at radius 1 is 1.21 bits per heavy atom. The van der Waals surface area contributed by atoms with Crippen molar-refractivity contribution in [3.05, 3.63) is 41.7 Å². The minimum atomic E-state index is -0.211. The third-order valence-electron chi connectivity index (χ3n) is 3.36. The molecule has 3 nitrogen and oxygen atoms in total. The Morgan fingerprint density at radius 3 is 2.42 bits per heavy atom. The van der Waals surface area contributed by atoms with E-state index in [-0.39, 0.29) is 11.7 Å². The van der Waals surface area contributed by atoms with Crippen molar-refractivity contribution < 1.29 is 9.18 Å². The zero-order valence-corrected chi connectivity index (χ0v) is 11.2. The summed E-state index contributed by atoms with van der Waals surface area (Å²) in [5.41, 5.74) is 1.00. The number of carbonyl (C=O) groups is 1. The monoisotopic (exact) mass is 262 g/mol. The van der Waals surface area contributed by atoms with Gasteiger partial charge in [-0.3, -0.25) is 9.69 Å². The SMILES string of the molecule is CC(=O)N1CCN(C/C=C/c2ccc(F)cc2)CC1. The summed E-state index contributed by atoms with van der Waals surface area (Å²) < 4.78 is 12.7. The molecule has 1 saturated heterocycles. The molecule has 0 saturated carbocycles. The van der Waals surface area contributed by atoms with Gasteiger partial charge in [0.15, 0.2) is 0 Å². The molecule has 1 aromatic rings. The van der Waals surface area contributed by atoms with Crippen LogP contribution in [0.2, 0.25) is 0 Å². The molecule has 1 amide bonds. The third-order valence-corrected chi connectivity index (χ3v) is 3.36. The van der Waals surface area contributed by atoms with E-state index in [1.165, 1.54) is 12.1 Å². The maximum atomic E-state index is 12.7. The van der Waals surface area contributed by atoms with E-state index in [0.717, 1.165) is 38.3 Å². The second kappa shape index (κ2) is 6.48. The van der Waals surface area contributed by atoms with Crippen molar-refractivity contribution in [3.8, 4) is 0 Å². The van der Waals surface area contributed by atoms with Crippen LogP contribution in [0.3, 0.4) is 0 Å². The van der Waals surface area contributed by atoms with E-state index < -0.39 is 0 Å². The molecule has 0 atom stereocenters. The van der Waals surface area contributed by atoms with Gasteiger partial charge in [-0.25, -0.2) is 4.39 Å². The number of amides is 1. The quantitative estimate of drug-likeness (QED) is 0.832. The van der Waals surface area contributed by atoms with E-state index >= 15 is 0 Å². The number of benzene rings is 1. The van der Waals surface area contributed by atoms with Gasteiger partial charge in [-0.1, -0.05) is 24.3 Å². The lowest BCUT2D eigenvalue weighted by molar-refractivity contribution is -0.130. The van der Waals surface area contributed by atoms with Crippen LogP contribution in [-0.4, -0.2) is 48.4 Å². The van der Waals surface area contributed by atoms with E-state index in [9.17, 15) is 9.18 Å². The average molecular weight is 262 g/mol. The van der Waals surface area contributed by atoms with Gasteiger partial charge in [-0.15, -0.1) is 0 Å². The molecule has 1 aliphatic heterocycles. The van der Waals surface area contributed by atoms with E-state index in [4.69, 9.17) is 0 Å². The summed E-state index contributed by atoms with van der Waals surface area (Å²) in [6.07, 6.45) is 4.08. The second-order valence-electron chi connectivity index (χ2n) is 4.76. The van der Waals surface area contributed by atoms with Crippen molar-refractivity contribution in [2.24, 2.45) is 0 Å². The Kier molecular flexibility index (Phi) is 4.68. The number of nitrogens with zero attached hydrogens (tertiary/aromatic N) is 2. The van der Waals surface area contributed by atoms with Crippen LogP contribution in [0.5, 0.6) is 0 Å². The molecule has 0 spiro atoms. The first-order valence-electron chi connectivity index (χ1n) is 6.55. The molecule has 1 aromatic carbocycles. The van der Waals surface area contributed by atoms with E-state index in [1.807, 2.05) is 11.0 Å². The van der Waals surface area contributed by atoms with Crippen LogP contribution in [0, 0.1) is 5.82 Å². The molecule has 0 radical (unpaired) electrons. The Morgan fingerprint density at radius 2 is 1.84 bits per heavy atom. The fourth-order valence-corrected chi connectivity index (χ4v) is 2.16. The molecule has 0 unspecified atom stereocenters. The van der Waals surface area contributed by atoms with Crippen molar-refractivity contribution in [1.29, 1.82) is 0 Å². The summed E-state index contributed by atoms with van der Waals surface area (Å²) in [6.45, 7) is 5.91. The third kappa shape index (κ3) is 4.17. The maximum Gasteiger partial charge on any atom is 0.219 e. The number of rotatable bonds is 3. The first kappa shape index (κ1) is 13.7. The maximum absolute atomic E-state index is 12.7. The predicted octanol–water partition coefficient (Wildman–Crippen LogP) is 2.00. The molecule has 0 aromatic heterocycles. The van der Waals surface area contributed by atoms with Crippen LogP contribution in [0.4, 0.5) is 4.39 Å². The molecule has 4 heteroatoms. The van der Waals surface area contributed by atoms with Gasteiger partial charge in [0.05, 0.1) is 0 Å². The molecule has 1 aliphatic rings. The number of halogens is 1. The van der Waals surface area contributed by atoms with Crippen molar-refractivity contribution in [3.63, 3.8) is 0 Å². The van der Waals surface area contributed by atoms with Gasteiger partial charge in [0, 0.05) is 39.6 Å². The smallest absolute Gasteiger partial charge is 0.219 e.